The van der Waals surface area contributed by atoms with Crippen molar-refractivity contribution >= 4 is 5.78 Å². The van der Waals surface area contributed by atoms with Crippen LogP contribution in [0.4, 0.5) is 0 Å². The minimum Gasteiger partial charge on any atom is -0.494 e. The summed E-state index contributed by atoms with van der Waals surface area (Å²) in [7, 11) is 0. The zero-order chi connectivity index (χ0) is 21.8. The SMILES string of the molecule is CC(C)CCCOc1ccc(C(=O)c2cccc3c2OC(N)(c2nn[nH]n2)CO3)cc1. The largest absolute Gasteiger partial charge is 0.494 e. The minimum absolute atomic E-state index is 0.0139. The van der Waals surface area contributed by atoms with Crippen LogP contribution in [0.25, 0.3) is 0 Å². The van der Waals surface area contributed by atoms with E-state index in [2.05, 4.69) is 34.5 Å². The number of benzene rings is 2. The molecule has 1 atom stereocenters. The fourth-order valence-corrected chi connectivity index (χ4v) is 3.30. The van der Waals surface area contributed by atoms with E-state index in [1.807, 2.05) is 0 Å². The molecule has 0 spiro atoms. The lowest BCUT2D eigenvalue weighted by Gasteiger charge is -2.33. The Morgan fingerprint density at radius 1 is 1.26 bits per heavy atom. The van der Waals surface area contributed by atoms with E-state index in [1.165, 1.54) is 0 Å². The first kappa shape index (κ1) is 20.8. The van der Waals surface area contributed by atoms with Crippen LogP contribution in [0.5, 0.6) is 17.2 Å². The summed E-state index contributed by atoms with van der Waals surface area (Å²) in [5.74, 6) is 1.98. The van der Waals surface area contributed by atoms with Gasteiger partial charge in [-0.1, -0.05) is 19.9 Å². The highest BCUT2D eigenvalue weighted by molar-refractivity contribution is 6.11. The van der Waals surface area contributed by atoms with E-state index in [0.717, 1.165) is 18.6 Å². The van der Waals surface area contributed by atoms with E-state index >= 15 is 0 Å². The number of rotatable bonds is 8. The number of ether oxygens (including phenoxy) is 3. The van der Waals surface area contributed by atoms with Gasteiger partial charge in [0.05, 0.1) is 12.2 Å². The van der Waals surface area contributed by atoms with Crippen LogP contribution >= 0.6 is 0 Å². The average Bonchev–Trinajstić information content (AvgIpc) is 3.32. The highest BCUT2D eigenvalue weighted by atomic mass is 16.6. The van der Waals surface area contributed by atoms with Gasteiger partial charge < -0.3 is 14.2 Å². The van der Waals surface area contributed by atoms with Gasteiger partial charge in [-0.15, -0.1) is 10.2 Å². The Bertz CT molecular complexity index is 1040. The molecule has 31 heavy (non-hydrogen) atoms. The number of fused-ring (bicyclic) bond motifs is 1. The summed E-state index contributed by atoms with van der Waals surface area (Å²) in [6.45, 7) is 5.01. The number of aromatic nitrogens is 4. The Morgan fingerprint density at radius 2 is 2.06 bits per heavy atom. The van der Waals surface area contributed by atoms with Gasteiger partial charge >= 0.3 is 0 Å². The van der Waals surface area contributed by atoms with Gasteiger partial charge in [0, 0.05) is 5.56 Å². The van der Waals surface area contributed by atoms with Crippen molar-refractivity contribution in [3.63, 3.8) is 0 Å². The fraction of sp³-hybridized carbons (Fsp3) is 0.364. The lowest BCUT2D eigenvalue weighted by molar-refractivity contribution is -0.0154. The summed E-state index contributed by atoms with van der Waals surface area (Å²) in [4.78, 5) is 13.2. The molecular formula is C22H25N5O4. The molecule has 1 aromatic heterocycles. The molecule has 0 aliphatic carbocycles. The third-order valence-corrected chi connectivity index (χ3v) is 4.98. The van der Waals surface area contributed by atoms with Crippen LogP contribution in [-0.2, 0) is 5.72 Å². The standard InChI is InChI=1S/C22H25N5O4/c1-14(2)5-4-12-29-16-10-8-15(9-11-16)19(28)17-6-3-7-18-20(17)31-22(23,13-30-18)21-24-26-27-25-21/h3,6-11,14H,4-5,12-13,23H2,1-2H3,(H,24,25,26,27). The molecule has 0 saturated heterocycles. The van der Waals surface area contributed by atoms with Crippen LogP contribution < -0.4 is 19.9 Å². The second kappa shape index (κ2) is 8.73. The fourth-order valence-electron chi connectivity index (χ4n) is 3.30. The number of aromatic amines is 1. The zero-order valence-electron chi connectivity index (χ0n) is 17.5. The molecule has 2 aromatic carbocycles. The molecular weight excluding hydrogens is 398 g/mol. The second-order valence-electron chi connectivity index (χ2n) is 7.89. The Kier molecular flexibility index (Phi) is 5.85. The van der Waals surface area contributed by atoms with Crippen molar-refractivity contribution in [2.24, 2.45) is 11.7 Å². The van der Waals surface area contributed by atoms with E-state index in [9.17, 15) is 4.79 Å². The molecule has 0 radical (unpaired) electrons. The number of H-pyrrole nitrogens is 1. The Hall–Kier alpha value is -3.46. The van der Waals surface area contributed by atoms with Gasteiger partial charge in [0.15, 0.2) is 17.3 Å². The molecule has 3 N–H and O–H groups in total. The quantitative estimate of drug-likeness (QED) is 0.418. The zero-order valence-corrected chi connectivity index (χ0v) is 17.5. The van der Waals surface area contributed by atoms with Crippen LogP contribution in [0.3, 0.4) is 0 Å². The van der Waals surface area contributed by atoms with Gasteiger partial charge in [-0.05, 0) is 60.4 Å². The van der Waals surface area contributed by atoms with Crippen LogP contribution in [0.1, 0.15) is 48.4 Å². The van der Waals surface area contributed by atoms with E-state index in [1.54, 1.807) is 42.5 Å². The molecule has 9 heteroatoms. The number of carbonyl (C=O) groups excluding carboxylic acids is 1. The monoisotopic (exact) mass is 423 g/mol. The van der Waals surface area contributed by atoms with Crippen molar-refractivity contribution in [3.05, 3.63) is 59.4 Å². The molecule has 0 fully saturated rings. The molecule has 0 saturated carbocycles. The van der Waals surface area contributed by atoms with Crippen molar-refractivity contribution in [1.29, 1.82) is 0 Å². The molecule has 1 aliphatic rings. The normalized spacial score (nSPS) is 17.5. The Labute approximate surface area is 179 Å². The highest BCUT2D eigenvalue weighted by Crippen LogP contribution is 2.40. The number of tetrazole rings is 1. The number of nitrogens with one attached hydrogen (secondary N) is 1. The van der Waals surface area contributed by atoms with Crippen molar-refractivity contribution in [3.8, 4) is 17.2 Å². The molecule has 3 aromatic rings. The number of carbonyl (C=O) groups is 1. The molecule has 9 nitrogen and oxygen atoms in total. The maximum Gasteiger partial charge on any atom is 0.257 e. The molecule has 0 bridgehead atoms. The van der Waals surface area contributed by atoms with Crippen molar-refractivity contribution < 1.29 is 19.0 Å². The van der Waals surface area contributed by atoms with Gasteiger partial charge in [0.1, 0.15) is 12.4 Å². The van der Waals surface area contributed by atoms with Gasteiger partial charge in [0.2, 0.25) is 5.82 Å². The third kappa shape index (κ3) is 4.51. The van der Waals surface area contributed by atoms with Gasteiger partial charge in [0.25, 0.3) is 5.72 Å². The Balaban J connectivity index is 1.51. The molecule has 1 unspecified atom stereocenters. The minimum atomic E-state index is -1.45. The van der Waals surface area contributed by atoms with Crippen LogP contribution in [0.2, 0.25) is 0 Å². The lowest BCUT2D eigenvalue weighted by Crippen LogP contribution is -2.51. The first-order valence-electron chi connectivity index (χ1n) is 10.2. The number of nitrogens with zero attached hydrogens (tertiary/aromatic N) is 3. The topological polar surface area (TPSA) is 125 Å². The predicted octanol–water partition coefficient (Wildman–Crippen LogP) is 2.83. The van der Waals surface area contributed by atoms with Crippen molar-refractivity contribution in [2.75, 3.05) is 13.2 Å². The second-order valence-corrected chi connectivity index (χ2v) is 7.89. The van der Waals surface area contributed by atoms with E-state index in [0.29, 0.717) is 29.4 Å². The summed E-state index contributed by atoms with van der Waals surface area (Å²) in [5, 5.41) is 13.6. The summed E-state index contributed by atoms with van der Waals surface area (Å²) in [6, 6.07) is 12.2. The highest BCUT2D eigenvalue weighted by Gasteiger charge is 2.41. The lowest BCUT2D eigenvalue weighted by atomic mass is 10.0. The van der Waals surface area contributed by atoms with E-state index in [-0.39, 0.29) is 24.0 Å². The predicted molar refractivity (Wildman–Crippen MR) is 112 cm³/mol. The molecule has 1 aliphatic heterocycles. The van der Waals surface area contributed by atoms with Crippen molar-refractivity contribution in [2.45, 2.75) is 32.4 Å². The third-order valence-electron chi connectivity index (χ3n) is 4.98. The number of para-hydroxylation sites is 1. The molecule has 4 rings (SSSR count). The number of nitrogens with two attached hydrogens (primary N) is 1. The number of hydrogen-bond donors (Lipinski definition) is 2. The first-order chi connectivity index (χ1) is 15.0. The summed E-state index contributed by atoms with van der Waals surface area (Å²) in [5.41, 5.74) is 5.66. The first-order valence-corrected chi connectivity index (χ1v) is 10.2. The smallest absolute Gasteiger partial charge is 0.257 e. The van der Waals surface area contributed by atoms with E-state index < -0.39 is 5.72 Å². The summed E-state index contributed by atoms with van der Waals surface area (Å²) < 4.78 is 17.5. The van der Waals surface area contributed by atoms with Crippen LogP contribution in [-0.4, -0.2) is 39.6 Å². The molecule has 162 valence electrons. The Morgan fingerprint density at radius 3 is 2.77 bits per heavy atom. The summed E-state index contributed by atoms with van der Waals surface area (Å²) in [6.07, 6.45) is 2.11. The maximum atomic E-state index is 13.2. The number of hydrogen-bond acceptors (Lipinski definition) is 8. The summed E-state index contributed by atoms with van der Waals surface area (Å²) >= 11 is 0. The van der Waals surface area contributed by atoms with Crippen molar-refractivity contribution in [1.82, 2.24) is 20.6 Å². The van der Waals surface area contributed by atoms with Gasteiger partial charge in [-0.25, -0.2) is 0 Å². The number of ketones is 1. The maximum absolute atomic E-state index is 13.2. The van der Waals surface area contributed by atoms with E-state index in [4.69, 9.17) is 19.9 Å². The van der Waals surface area contributed by atoms with Gasteiger partial charge in [-0.3, -0.25) is 10.5 Å². The van der Waals surface area contributed by atoms with Crippen LogP contribution in [0.15, 0.2) is 42.5 Å². The van der Waals surface area contributed by atoms with Gasteiger partial charge in [-0.2, -0.15) is 5.21 Å². The van der Waals surface area contributed by atoms with Crippen LogP contribution in [0, 0.1) is 5.92 Å². The average molecular weight is 423 g/mol. The molecule has 0 amide bonds. The molecule has 2 heterocycles.